The Morgan fingerprint density at radius 2 is 0.531 bits per heavy atom. The Balaban J connectivity index is -0.0000000434. The minimum Gasteiger partial charge on any atom is -0.394 e. The molecule has 96 heavy (non-hydrogen) atoms. The largest absolute Gasteiger partial charge is 0.394 e. The van der Waals surface area contributed by atoms with Crippen LogP contribution in [0, 0.1) is 144 Å². The van der Waals surface area contributed by atoms with Gasteiger partial charge < -0.3 is 149 Å². The van der Waals surface area contributed by atoms with E-state index >= 15 is 0 Å². The third-order valence-corrected chi connectivity index (χ3v) is 10.8. The number of hydrogen-bond donors (Lipinski definition) is 0. The summed E-state index contributed by atoms with van der Waals surface area (Å²) in [6.45, 7) is 135. The van der Waals surface area contributed by atoms with Crippen LogP contribution >= 0.6 is 0 Å². The molecule has 3 aliphatic rings. The third-order valence-electron chi connectivity index (χ3n) is 10.8. The van der Waals surface area contributed by atoms with E-state index < -0.39 is 0 Å². The summed E-state index contributed by atoms with van der Waals surface area (Å²) >= 11 is 0. The molecule has 0 heterocycles. The van der Waals surface area contributed by atoms with E-state index in [0.717, 1.165) is 16.7 Å². The maximum Gasteiger partial charge on any atom is 0 e. The molecule has 0 bridgehead atoms. The smallest absolute Gasteiger partial charge is 0 e. The third kappa shape index (κ3) is 114. The Morgan fingerprint density at radius 1 is 0.333 bits per heavy atom. The van der Waals surface area contributed by atoms with Crippen molar-refractivity contribution in [3.05, 3.63) is 220 Å². The zero-order valence-electron chi connectivity index (χ0n) is 71.8. The predicted molar refractivity (Wildman–Crippen MR) is 422 cm³/mol. The summed E-state index contributed by atoms with van der Waals surface area (Å²) in [5.41, 5.74) is 8.19. The van der Waals surface area contributed by atoms with E-state index in [-0.39, 0.29) is 229 Å². The Kier molecular flexibility index (Phi) is 124. The summed E-state index contributed by atoms with van der Waals surface area (Å²) in [5.74, 6) is 1.95. The summed E-state index contributed by atoms with van der Waals surface area (Å²) in [6.07, 6.45) is 43.5. The van der Waals surface area contributed by atoms with E-state index in [1.807, 2.05) is 145 Å². The monoisotopic (exact) mass is 1770 g/mol. The molecule has 546 valence electrons. The van der Waals surface area contributed by atoms with Gasteiger partial charge in [0.2, 0.25) is 0 Å². The quantitative estimate of drug-likeness (QED) is 0.184. The van der Waals surface area contributed by atoms with Gasteiger partial charge >= 0.3 is 0 Å². The maximum atomic E-state index is 5.49. The van der Waals surface area contributed by atoms with Crippen LogP contribution in [0.25, 0.3) is 0 Å². The van der Waals surface area contributed by atoms with Crippen LogP contribution in [0.5, 0.6) is 0 Å². The summed E-state index contributed by atoms with van der Waals surface area (Å²) in [4.78, 5) is 0. The van der Waals surface area contributed by atoms with E-state index in [0.29, 0.717) is 34.0 Å². The maximum absolute atomic E-state index is 5.49. The van der Waals surface area contributed by atoms with Crippen LogP contribution in [0.4, 0.5) is 0 Å². The number of hydrogen-bond acceptors (Lipinski definition) is 0. The molecule has 3 aliphatic carbocycles. The van der Waals surface area contributed by atoms with Crippen molar-refractivity contribution in [2.24, 2.45) is 66.5 Å². The summed E-state index contributed by atoms with van der Waals surface area (Å²) < 4.78 is 0. The minimum atomic E-state index is 0. The van der Waals surface area contributed by atoms with E-state index in [2.05, 4.69) is 218 Å². The van der Waals surface area contributed by atoms with Crippen LogP contribution in [0.2, 0.25) is 0 Å². The molecule has 0 N–H and O–H groups in total. The van der Waals surface area contributed by atoms with E-state index in [1.165, 1.54) is 47.6 Å². The Morgan fingerprint density at radius 3 is 0.583 bits per heavy atom. The van der Waals surface area contributed by atoms with Gasteiger partial charge in [0, 0.05) is 196 Å². The Bertz CT molecular complexity index is 1920. The van der Waals surface area contributed by atoms with Crippen molar-refractivity contribution in [3.63, 3.8) is 0 Å². The fourth-order valence-corrected chi connectivity index (χ4v) is 5.46. The fraction of sp³-hybridized carbons (Fsp3) is 0.600. The Hall–Kier alpha value is 1.94. The molecule has 0 amide bonds. The van der Waals surface area contributed by atoms with Crippen molar-refractivity contribution in [1.29, 1.82) is 0 Å². The van der Waals surface area contributed by atoms with Crippen LogP contribution < -0.4 is 0 Å². The van der Waals surface area contributed by atoms with Gasteiger partial charge in [0.15, 0.2) is 0 Å². The van der Waals surface area contributed by atoms with Gasteiger partial charge in [0.1, 0.15) is 0 Å². The van der Waals surface area contributed by atoms with Gasteiger partial charge in [-0.05, 0) is 45.1 Å². The van der Waals surface area contributed by atoms with Crippen molar-refractivity contribution in [2.45, 2.75) is 291 Å². The van der Waals surface area contributed by atoms with Crippen molar-refractivity contribution >= 4 is 0 Å². The van der Waals surface area contributed by atoms with Crippen LogP contribution in [0.3, 0.4) is 0 Å². The van der Waals surface area contributed by atoms with E-state index in [1.54, 1.807) is 23.8 Å². The first-order valence-electron chi connectivity index (χ1n) is 33.8. The molecule has 6 radical (unpaired) electrons. The molecular weight excluding hydrogens is 1610 g/mol. The minimum absolute atomic E-state index is 0. The van der Waals surface area contributed by atoms with Crippen LogP contribution in [-0.2, 0) is 196 Å². The summed E-state index contributed by atoms with van der Waals surface area (Å²) in [6, 6.07) is 0. The molecule has 0 aromatic rings. The first-order valence-corrected chi connectivity index (χ1v) is 33.8. The molecular formula is C90H156Y6-12. The Labute approximate surface area is 762 Å². The zero-order chi connectivity index (χ0) is 75.5. The predicted octanol–water partition coefficient (Wildman–Crippen LogP) is 29.9. The van der Waals surface area contributed by atoms with Gasteiger partial charge in [-0.1, -0.05) is 351 Å². The molecule has 0 fully saturated rings. The molecule has 0 aromatic heterocycles. The van der Waals surface area contributed by atoms with Crippen molar-refractivity contribution in [1.82, 2.24) is 0 Å². The molecule has 0 saturated carbocycles. The second-order valence-corrected chi connectivity index (χ2v) is 29.1. The molecule has 3 unspecified atom stereocenters. The van der Waals surface area contributed by atoms with Gasteiger partial charge in [0.25, 0.3) is 0 Å². The normalized spacial score (nSPS) is 14.1. The van der Waals surface area contributed by atoms with Crippen LogP contribution in [0.15, 0.2) is 143 Å². The topological polar surface area (TPSA) is 0 Å². The standard InChI is InChI=1S/3C10H16.6C8H12.6C2H6.6Y/c2*1-8-5-6-9(7-8)10(2,3)4;1-8-6-5-7-9(8)10(2,3)4;3*1-6-7(2)8(3,4)5;3*1-5-6-7-8(2,3)4;6*1-2;;;;;;/h3*5-8H,1-4H3;3*1-2,6H,3-5H3;3*1,5-6H,2-4H3;6*1-2H3;;;;;;/q;;;6*-2;;;;;;;;;;;;. The molecule has 6 heteroatoms. The van der Waals surface area contributed by atoms with Crippen LogP contribution in [-0.4, -0.2) is 0 Å². The fourth-order valence-electron chi connectivity index (χ4n) is 5.46. The molecule has 0 aromatic carbocycles. The van der Waals surface area contributed by atoms with Crippen molar-refractivity contribution < 1.29 is 196 Å². The molecule has 0 saturated heterocycles. The zero-order valence-corrected chi connectivity index (χ0v) is 88.8. The van der Waals surface area contributed by atoms with E-state index in [9.17, 15) is 0 Å². The van der Waals surface area contributed by atoms with Gasteiger partial charge in [-0.25, -0.2) is 0 Å². The second kappa shape index (κ2) is 82.6. The van der Waals surface area contributed by atoms with Crippen molar-refractivity contribution in [3.8, 4) is 0 Å². The molecule has 0 nitrogen and oxygen atoms in total. The van der Waals surface area contributed by atoms with Gasteiger partial charge in [-0.3, -0.25) is 0 Å². The number of rotatable bonds is 6. The summed E-state index contributed by atoms with van der Waals surface area (Å²) in [7, 11) is 0. The average Bonchev–Trinajstić information content (AvgIpc) is 4.23. The molecule has 0 spiro atoms. The SMILES string of the molecule is CC.CC.CC.CC.CC.CC.CC1C=CC(C(C)(C)C)=C1.CC1C=CC(C(C)(C)C)=C1.CC1C=CC=C1C(C)(C)C.[CH-]=CC(=[CH-])C(C)(C)C.[CH-]=CC(=[CH-])C(C)(C)C.[CH-]=CC(=[CH-])C(C)(C)C.[CH-]=CC=[C-]C(C)(C)C.[CH-]=CC=[C-]C(C)(C)C.[CH-]=CC=[C-]C(C)(C)C.[Y].[Y].[Y].[Y].[Y].[Y]. The summed E-state index contributed by atoms with van der Waals surface area (Å²) in [5, 5.41) is 0. The van der Waals surface area contributed by atoms with Gasteiger partial charge in [0.05, 0.1) is 0 Å². The number of allylic oxidation sites excluding steroid dienone is 27. The van der Waals surface area contributed by atoms with Gasteiger partial charge in [-0.2, -0.15) is 0 Å². The molecule has 0 aliphatic heterocycles. The first-order chi connectivity index (χ1) is 40.6. The second-order valence-electron chi connectivity index (χ2n) is 29.1. The first kappa shape index (κ1) is 144. The van der Waals surface area contributed by atoms with Crippen molar-refractivity contribution in [2.75, 3.05) is 0 Å². The van der Waals surface area contributed by atoms with Crippen LogP contribution in [0.1, 0.15) is 291 Å². The van der Waals surface area contributed by atoms with Gasteiger partial charge in [-0.15, -0.1) is 32.5 Å². The van der Waals surface area contributed by atoms with E-state index in [4.69, 9.17) is 59.2 Å². The molecule has 3 rings (SSSR count). The molecule has 3 atom stereocenters. The average molecular weight is 1770 g/mol.